The smallest absolute Gasteiger partial charge is 0.152 e. The Labute approximate surface area is 117 Å². The van der Waals surface area contributed by atoms with E-state index in [4.69, 9.17) is 17.3 Å². The minimum Gasteiger partial charge on any atom is -0.391 e. The molecule has 0 fully saturated rings. The largest absolute Gasteiger partial charge is 0.391 e. The van der Waals surface area contributed by atoms with E-state index in [1.165, 1.54) is 19.1 Å². The molecule has 4 nitrogen and oxygen atoms in total. The first-order valence-corrected chi connectivity index (χ1v) is 8.03. The maximum absolute atomic E-state index is 13.0. The quantitative estimate of drug-likeness (QED) is 0.859. The third-order valence-corrected chi connectivity index (χ3v) is 5.14. The molecule has 0 amide bonds. The number of hydrogen-bond donors (Lipinski definition) is 2. The Hall–Kier alpha value is -0.690. The maximum atomic E-state index is 13.0. The van der Waals surface area contributed by atoms with Gasteiger partial charge in [-0.2, -0.15) is 0 Å². The Morgan fingerprint density at radius 2 is 2.05 bits per heavy atom. The molecule has 3 unspecified atom stereocenters. The van der Waals surface area contributed by atoms with Crippen molar-refractivity contribution in [3.05, 3.63) is 34.6 Å². The molecule has 0 spiro atoms. The molecule has 0 saturated carbocycles. The van der Waals surface area contributed by atoms with E-state index in [9.17, 15) is 17.9 Å². The first-order chi connectivity index (χ1) is 8.68. The van der Waals surface area contributed by atoms with Gasteiger partial charge in [0.25, 0.3) is 0 Å². The van der Waals surface area contributed by atoms with Crippen LogP contribution in [0.3, 0.4) is 0 Å². The fourth-order valence-electron chi connectivity index (χ4n) is 1.83. The van der Waals surface area contributed by atoms with E-state index < -0.39 is 32.9 Å². The summed E-state index contributed by atoms with van der Waals surface area (Å²) in [6.45, 7) is 1.41. The first kappa shape index (κ1) is 16.4. The van der Waals surface area contributed by atoms with Crippen LogP contribution in [-0.4, -0.2) is 37.7 Å². The van der Waals surface area contributed by atoms with E-state index in [0.29, 0.717) is 5.56 Å². The highest BCUT2D eigenvalue weighted by atomic mass is 35.5. The van der Waals surface area contributed by atoms with Crippen LogP contribution >= 0.6 is 11.6 Å². The van der Waals surface area contributed by atoms with Gasteiger partial charge >= 0.3 is 0 Å². The molecule has 0 aromatic heterocycles. The van der Waals surface area contributed by atoms with Crippen molar-refractivity contribution in [3.8, 4) is 0 Å². The van der Waals surface area contributed by atoms with Crippen LogP contribution in [0.25, 0.3) is 0 Å². The number of hydrogen-bond acceptors (Lipinski definition) is 4. The van der Waals surface area contributed by atoms with Gasteiger partial charge in [-0.3, -0.25) is 0 Å². The lowest BCUT2D eigenvalue weighted by atomic mass is 9.91. The van der Waals surface area contributed by atoms with E-state index >= 15 is 0 Å². The molecular formula is C12H17ClFNO3S. The molecular weight excluding hydrogens is 293 g/mol. The number of aliphatic hydroxyl groups is 1. The number of nitrogens with two attached hydrogens (primary N) is 1. The predicted molar refractivity (Wildman–Crippen MR) is 73.5 cm³/mol. The Morgan fingerprint density at radius 3 is 2.47 bits per heavy atom. The Kier molecular flexibility index (Phi) is 5.32. The number of benzene rings is 1. The highest BCUT2D eigenvalue weighted by Crippen LogP contribution is 2.29. The van der Waals surface area contributed by atoms with Gasteiger partial charge in [0.05, 0.1) is 11.4 Å². The summed E-state index contributed by atoms with van der Waals surface area (Å²) in [4.78, 5) is 0. The molecule has 0 saturated heterocycles. The monoisotopic (exact) mass is 309 g/mol. The number of rotatable bonds is 5. The molecule has 0 aliphatic carbocycles. The molecule has 0 aliphatic rings. The fraction of sp³-hybridized carbons (Fsp3) is 0.500. The molecule has 108 valence electrons. The second kappa shape index (κ2) is 6.17. The normalized spacial score (nSPS) is 16.9. The van der Waals surface area contributed by atoms with Crippen LogP contribution in [0.15, 0.2) is 18.2 Å². The molecule has 0 aliphatic heterocycles. The SMILES string of the molecule is CC(C(O)C(CN)c1ccc(F)cc1Cl)S(C)(=O)=O. The highest BCUT2D eigenvalue weighted by molar-refractivity contribution is 7.91. The summed E-state index contributed by atoms with van der Waals surface area (Å²) in [5.41, 5.74) is 6.02. The fourth-order valence-corrected chi connectivity index (χ4v) is 2.84. The minimum atomic E-state index is -3.41. The summed E-state index contributed by atoms with van der Waals surface area (Å²) >= 11 is 5.91. The van der Waals surface area contributed by atoms with Crippen LogP contribution in [0.5, 0.6) is 0 Å². The van der Waals surface area contributed by atoms with Crippen molar-refractivity contribution in [2.24, 2.45) is 5.73 Å². The molecule has 0 bridgehead atoms. The van der Waals surface area contributed by atoms with Crippen molar-refractivity contribution in [1.82, 2.24) is 0 Å². The Morgan fingerprint density at radius 1 is 1.47 bits per heavy atom. The average Bonchev–Trinajstić information content (AvgIpc) is 2.30. The molecule has 1 rings (SSSR count). The lowest BCUT2D eigenvalue weighted by Crippen LogP contribution is -2.38. The zero-order chi connectivity index (χ0) is 14.8. The van der Waals surface area contributed by atoms with E-state index in [1.54, 1.807) is 0 Å². The Bertz CT molecular complexity index is 550. The van der Waals surface area contributed by atoms with Crippen molar-refractivity contribution < 1.29 is 17.9 Å². The average molecular weight is 310 g/mol. The molecule has 1 aromatic rings. The topological polar surface area (TPSA) is 80.4 Å². The van der Waals surface area contributed by atoms with Gasteiger partial charge in [-0.05, 0) is 24.6 Å². The van der Waals surface area contributed by atoms with Gasteiger partial charge in [0.15, 0.2) is 9.84 Å². The van der Waals surface area contributed by atoms with Gasteiger partial charge in [0.2, 0.25) is 0 Å². The van der Waals surface area contributed by atoms with Crippen molar-refractivity contribution in [3.63, 3.8) is 0 Å². The van der Waals surface area contributed by atoms with Crippen LogP contribution in [0, 0.1) is 5.82 Å². The van der Waals surface area contributed by atoms with E-state index in [0.717, 1.165) is 12.3 Å². The zero-order valence-electron chi connectivity index (χ0n) is 10.7. The zero-order valence-corrected chi connectivity index (χ0v) is 12.2. The second-order valence-electron chi connectivity index (χ2n) is 4.53. The molecule has 3 N–H and O–H groups in total. The van der Waals surface area contributed by atoms with Gasteiger partial charge in [0.1, 0.15) is 5.82 Å². The summed E-state index contributed by atoms with van der Waals surface area (Å²) in [5, 5.41) is 9.29. The van der Waals surface area contributed by atoms with Crippen LogP contribution in [0.2, 0.25) is 5.02 Å². The second-order valence-corrected chi connectivity index (χ2v) is 7.34. The number of aliphatic hydroxyl groups excluding tert-OH is 1. The van der Waals surface area contributed by atoms with Crippen molar-refractivity contribution in [2.75, 3.05) is 12.8 Å². The lowest BCUT2D eigenvalue weighted by Gasteiger charge is -2.26. The van der Waals surface area contributed by atoms with Crippen LogP contribution < -0.4 is 5.73 Å². The first-order valence-electron chi connectivity index (χ1n) is 5.70. The third-order valence-electron chi connectivity index (χ3n) is 3.18. The molecule has 7 heteroatoms. The van der Waals surface area contributed by atoms with Crippen LogP contribution in [0.1, 0.15) is 18.4 Å². The van der Waals surface area contributed by atoms with Crippen LogP contribution in [0.4, 0.5) is 4.39 Å². The minimum absolute atomic E-state index is 0.00633. The van der Waals surface area contributed by atoms with Gasteiger partial charge < -0.3 is 10.8 Å². The molecule has 3 atom stereocenters. The summed E-state index contributed by atoms with van der Waals surface area (Å²) in [7, 11) is -3.41. The summed E-state index contributed by atoms with van der Waals surface area (Å²) in [5.74, 6) is -1.17. The highest BCUT2D eigenvalue weighted by Gasteiger charge is 2.32. The van der Waals surface area contributed by atoms with E-state index in [2.05, 4.69) is 0 Å². The van der Waals surface area contributed by atoms with Gasteiger partial charge in [-0.25, -0.2) is 12.8 Å². The Balaban J connectivity index is 3.13. The van der Waals surface area contributed by atoms with E-state index in [-0.39, 0.29) is 11.6 Å². The molecule has 1 aromatic carbocycles. The van der Waals surface area contributed by atoms with Crippen molar-refractivity contribution in [2.45, 2.75) is 24.2 Å². The lowest BCUT2D eigenvalue weighted by molar-refractivity contribution is 0.144. The van der Waals surface area contributed by atoms with Crippen molar-refractivity contribution >= 4 is 21.4 Å². The van der Waals surface area contributed by atoms with Crippen LogP contribution in [-0.2, 0) is 9.84 Å². The van der Waals surface area contributed by atoms with Gasteiger partial charge in [0, 0.05) is 23.7 Å². The van der Waals surface area contributed by atoms with Gasteiger partial charge in [-0.15, -0.1) is 0 Å². The standard InChI is InChI=1S/C12H17ClFNO3S/c1-7(19(2,17)18)12(16)10(6-15)9-4-3-8(14)5-11(9)13/h3-5,7,10,12,16H,6,15H2,1-2H3. The third kappa shape index (κ3) is 3.89. The predicted octanol–water partition coefficient (Wildman–Crippen LogP) is 1.32. The maximum Gasteiger partial charge on any atom is 0.152 e. The molecule has 0 radical (unpaired) electrons. The summed E-state index contributed by atoms with van der Waals surface area (Å²) in [6, 6.07) is 3.71. The number of halogens is 2. The molecule has 19 heavy (non-hydrogen) atoms. The summed E-state index contributed by atoms with van der Waals surface area (Å²) in [6.07, 6.45) is -0.163. The number of sulfone groups is 1. The van der Waals surface area contributed by atoms with E-state index in [1.807, 2.05) is 0 Å². The van der Waals surface area contributed by atoms with Crippen molar-refractivity contribution in [1.29, 1.82) is 0 Å². The molecule has 0 heterocycles. The van der Waals surface area contributed by atoms with Gasteiger partial charge in [-0.1, -0.05) is 17.7 Å². The summed E-state index contributed by atoms with van der Waals surface area (Å²) < 4.78 is 35.9.